The van der Waals surface area contributed by atoms with Crippen molar-refractivity contribution in [2.24, 2.45) is 23.5 Å². The zero-order valence-corrected chi connectivity index (χ0v) is 12.1. The van der Waals surface area contributed by atoms with Gasteiger partial charge in [0.05, 0.1) is 5.60 Å². The van der Waals surface area contributed by atoms with Crippen molar-refractivity contribution in [1.82, 2.24) is 4.90 Å². The Morgan fingerprint density at radius 1 is 1.28 bits per heavy atom. The molecular weight excluding hydrogens is 224 g/mol. The number of hydrogen-bond donors (Lipinski definition) is 2. The van der Waals surface area contributed by atoms with E-state index < -0.39 is 5.60 Å². The molecular formula is C15H30N2O. The van der Waals surface area contributed by atoms with Crippen molar-refractivity contribution in [3.05, 3.63) is 0 Å². The molecule has 2 aliphatic rings. The Bertz CT molecular complexity index is 271. The van der Waals surface area contributed by atoms with Crippen LogP contribution in [0.1, 0.15) is 46.0 Å². The maximum absolute atomic E-state index is 10.4. The predicted octanol–water partition coefficient (Wildman–Crippen LogP) is 1.84. The highest BCUT2D eigenvalue weighted by Gasteiger charge is 2.39. The lowest BCUT2D eigenvalue weighted by molar-refractivity contribution is 0.00224. The van der Waals surface area contributed by atoms with Crippen LogP contribution in [-0.4, -0.2) is 41.8 Å². The van der Waals surface area contributed by atoms with Crippen molar-refractivity contribution in [3.63, 3.8) is 0 Å². The quantitative estimate of drug-likeness (QED) is 0.805. The topological polar surface area (TPSA) is 49.5 Å². The zero-order valence-electron chi connectivity index (χ0n) is 12.1. The van der Waals surface area contributed by atoms with E-state index in [4.69, 9.17) is 5.73 Å². The highest BCUT2D eigenvalue weighted by atomic mass is 16.3. The predicted molar refractivity (Wildman–Crippen MR) is 75.3 cm³/mol. The largest absolute Gasteiger partial charge is 0.388 e. The van der Waals surface area contributed by atoms with Crippen molar-refractivity contribution in [2.45, 2.75) is 51.6 Å². The van der Waals surface area contributed by atoms with E-state index in [1.165, 1.54) is 19.5 Å². The monoisotopic (exact) mass is 254 g/mol. The van der Waals surface area contributed by atoms with E-state index in [0.29, 0.717) is 12.5 Å². The Labute approximate surface area is 112 Å². The van der Waals surface area contributed by atoms with E-state index in [-0.39, 0.29) is 0 Å². The first-order chi connectivity index (χ1) is 8.55. The lowest BCUT2D eigenvalue weighted by Gasteiger charge is -2.37. The maximum Gasteiger partial charge on any atom is 0.0797 e. The molecule has 1 heterocycles. The molecule has 0 amide bonds. The van der Waals surface area contributed by atoms with Crippen molar-refractivity contribution in [2.75, 3.05) is 26.2 Å². The van der Waals surface area contributed by atoms with Gasteiger partial charge in [-0.15, -0.1) is 0 Å². The van der Waals surface area contributed by atoms with Gasteiger partial charge in [-0.25, -0.2) is 0 Å². The average Bonchev–Trinajstić information content (AvgIpc) is 2.73. The summed E-state index contributed by atoms with van der Waals surface area (Å²) in [4.78, 5) is 2.58. The minimum atomic E-state index is -0.561. The van der Waals surface area contributed by atoms with Crippen LogP contribution in [0, 0.1) is 17.8 Å². The van der Waals surface area contributed by atoms with E-state index in [2.05, 4.69) is 18.7 Å². The smallest absolute Gasteiger partial charge is 0.0797 e. The molecule has 1 saturated carbocycles. The van der Waals surface area contributed by atoms with Crippen LogP contribution in [0.2, 0.25) is 0 Å². The van der Waals surface area contributed by atoms with Crippen LogP contribution in [0.3, 0.4) is 0 Å². The fourth-order valence-electron chi connectivity index (χ4n) is 3.70. The van der Waals surface area contributed by atoms with Gasteiger partial charge in [-0.3, -0.25) is 0 Å². The average molecular weight is 254 g/mol. The van der Waals surface area contributed by atoms with Crippen LogP contribution in [0.25, 0.3) is 0 Å². The Hall–Kier alpha value is -0.120. The third-order valence-electron chi connectivity index (χ3n) is 5.49. The Morgan fingerprint density at radius 2 is 2.06 bits per heavy atom. The van der Waals surface area contributed by atoms with Crippen LogP contribution >= 0.6 is 0 Å². The Morgan fingerprint density at radius 3 is 2.72 bits per heavy atom. The summed E-state index contributed by atoms with van der Waals surface area (Å²) < 4.78 is 0. The van der Waals surface area contributed by atoms with E-state index in [9.17, 15) is 5.11 Å². The molecule has 18 heavy (non-hydrogen) atoms. The van der Waals surface area contributed by atoms with Gasteiger partial charge in [-0.05, 0) is 56.5 Å². The van der Waals surface area contributed by atoms with Gasteiger partial charge in [-0.2, -0.15) is 0 Å². The Balaban J connectivity index is 1.78. The summed E-state index contributed by atoms with van der Waals surface area (Å²) in [6.07, 6.45) is 5.66. The second kappa shape index (κ2) is 5.89. The summed E-state index contributed by atoms with van der Waals surface area (Å²) in [5.74, 6) is 2.11. The van der Waals surface area contributed by atoms with Gasteiger partial charge in [0.1, 0.15) is 0 Å². The SMILES string of the molecule is CC1CCN(CCC2CCCC2(O)CN)CC1C. The summed E-state index contributed by atoms with van der Waals surface area (Å²) in [5.41, 5.74) is 5.18. The molecule has 4 atom stereocenters. The third kappa shape index (κ3) is 3.06. The van der Waals surface area contributed by atoms with Gasteiger partial charge in [0.2, 0.25) is 0 Å². The van der Waals surface area contributed by atoms with Crippen LogP contribution < -0.4 is 5.73 Å². The van der Waals surface area contributed by atoms with Gasteiger partial charge in [-0.1, -0.05) is 20.3 Å². The number of rotatable bonds is 4. The normalized spacial score (nSPS) is 42.3. The minimum Gasteiger partial charge on any atom is -0.388 e. The summed E-state index contributed by atoms with van der Waals surface area (Å²) in [7, 11) is 0. The number of piperidine rings is 1. The van der Waals surface area contributed by atoms with Gasteiger partial charge < -0.3 is 15.7 Å². The van der Waals surface area contributed by atoms with Crippen molar-refractivity contribution in [3.8, 4) is 0 Å². The molecule has 2 rings (SSSR count). The molecule has 2 fully saturated rings. The molecule has 1 saturated heterocycles. The molecule has 106 valence electrons. The summed E-state index contributed by atoms with van der Waals surface area (Å²) in [6, 6.07) is 0. The zero-order chi connectivity index (χ0) is 13.2. The first kappa shape index (κ1) is 14.3. The molecule has 1 aliphatic carbocycles. The van der Waals surface area contributed by atoms with Crippen LogP contribution in [-0.2, 0) is 0 Å². The molecule has 3 N–H and O–H groups in total. The second-order valence-electron chi connectivity index (χ2n) is 6.73. The molecule has 0 bridgehead atoms. The van der Waals surface area contributed by atoms with Crippen LogP contribution in [0.4, 0.5) is 0 Å². The van der Waals surface area contributed by atoms with Gasteiger partial charge >= 0.3 is 0 Å². The molecule has 0 aromatic heterocycles. The summed E-state index contributed by atoms with van der Waals surface area (Å²) in [6.45, 7) is 8.78. The van der Waals surface area contributed by atoms with Gasteiger partial charge in [0.25, 0.3) is 0 Å². The fourth-order valence-corrected chi connectivity index (χ4v) is 3.70. The van der Waals surface area contributed by atoms with Crippen LogP contribution in [0.15, 0.2) is 0 Å². The van der Waals surface area contributed by atoms with E-state index in [1.807, 2.05) is 0 Å². The second-order valence-corrected chi connectivity index (χ2v) is 6.73. The molecule has 0 radical (unpaired) electrons. The summed E-state index contributed by atoms with van der Waals surface area (Å²) >= 11 is 0. The van der Waals surface area contributed by atoms with Crippen molar-refractivity contribution in [1.29, 1.82) is 0 Å². The highest BCUT2D eigenvalue weighted by molar-refractivity contribution is 4.93. The molecule has 0 spiro atoms. The number of hydrogen-bond acceptors (Lipinski definition) is 3. The third-order valence-corrected chi connectivity index (χ3v) is 5.49. The van der Waals surface area contributed by atoms with E-state index in [0.717, 1.165) is 44.1 Å². The fraction of sp³-hybridized carbons (Fsp3) is 1.00. The number of likely N-dealkylation sites (tertiary alicyclic amines) is 1. The summed E-state index contributed by atoms with van der Waals surface area (Å²) in [5, 5.41) is 10.4. The standard InChI is InChI=1S/C15H30N2O/c1-12-5-8-17(10-13(12)2)9-6-14-4-3-7-15(14,18)11-16/h12-14,18H,3-11,16H2,1-2H3. The molecule has 4 unspecified atom stereocenters. The first-order valence-corrected chi connectivity index (χ1v) is 7.70. The molecule has 0 aromatic rings. The Kier molecular flexibility index (Phi) is 4.68. The molecule has 0 aromatic carbocycles. The molecule has 3 heteroatoms. The lowest BCUT2D eigenvalue weighted by Crippen LogP contribution is -2.44. The number of nitrogens with zero attached hydrogens (tertiary/aromatic N) is 1. The first-order valence-electron chi connectivity index (χ1n) is 7.70. The van der Waals surface area contributed by atoms with E-state index in [1.54, 1.807) is 0 Å². The lowest BCUT2D eigenvalue weighted by atomic mass is 9.86. The highest BCUT2D eigenvalue weighted by Crippen LogP contribution is 2.37. The van der Waals surface area contributed by atoms with Crippen molar-refractivity contribution >= 4 is 0 Å². The van der Waals surface area contributed by atoms with Crippen LogP contribution in [0.5, 0.6) is 0 Å². The van der Waals surface area contributed by atoms with E-state index >= 15 is 0 Å². The number of aliphatic hydroxyl groups is 1. The molecule has 1 aliphatic heterocycles. The minimum absolute atomic E-state index is 0.428. The number of nitrogens with two attached hydrogens (primary N) is 1. The van der Waals surface area contributed by atoms with Gasteiger partial charge in [0, 0.05) is 13.1 Å². The van der Waals surface area contributed by atoms with Gasteiger partial charge in [0.15, 0.2) is 0 Å². The van der Waals surface area contributed by atoms with Crippen molar-refractivity contribution < 1.29 is 5.11 Å². The molecule has 3 nitrogen and oxygen atoms in total. The maximum atomic E-state index is 10.4.